The lowest BCUT2D eigenvalue weighted by atomic mass is 9.98. The van der Waals surface area contributed by atoms with Crippen molar-refractivity contribution in [3.05, 3.63) is 46.6 Å². The maximum absolute atomic E-state index is 13.4. The highest BCUT2D eigenvalue weighted by molar-refractivity contribution is 8.00. The Morgan fingerprint density at radius 2 is 2.03 bits per heavy atom. The van der Waals surface area contributed by atoms with Gasteiger partial charge < -0.3 is 25.2 Å². The number of carboxylic acid groups (broad SMARTS) is 1. The Hall–Kier alpha value is -3.21. The Morgan fingerprint density at radius 3 is 2.71 bits per heavy atom. The second-order valence-corrected chi connectivity index (χ2v) is 10.5. The first kappa shape index (κ1) is 23.9. The first-order valence-electron chi connectivity index (χ1n) is 10.9. The maximum atomic E-state index is 13.4. The number of nitrogens with one attached hydrogen (secondary N) is 2. The fraction of sp³-hybridized carbons (Fsp3) is 0.478. The number of ether oxygens (including phenoxy) is 2. The molecule has 3 amide bonds. The van der Waals surface area contributed by atoms with Gasteiger partial charge in [0, 0.05) is 5.75 Å². The fourth-order valence-electron chi connectivity index (χ4n) is 4.36. The summed E-state index contributed by atoms with van der Waals surface area (Å²) in [7, 11) is 0. The van der Waals surface area contributed by atoms with Crippen molar-refractivity contribution in [3.8, 4) is 0 Å². The third-order valence-corrected chi connectivity index (χ3v) is 7.23. The van der Waals surface area contributed by atoms with Crippen LogP contribution in [0.3, 0.4) is 0 Å². The van der Waals surface area contributed by atoms with Crippen molar-refractivity contribution in [2.45, 2.75) is 63.6 Å². The van der Waals surface area contributed by atoms with Gasteiger partial charge >= 0.3 is 12.1 Å². The smallest absolute Gasteiger partial charge is 0.408 e. The minimum absolute atomic E-state index is 0.0366. The molecule has 11 heteroatoms. The number of hydrogen-bond donors (Lipinski definition) is 3. The van der Waals surface area contributed by atoms with E-state index in [1.807, 2.05) is 0 Å². The summed E-state index contributed by atoms with van der Waals surface area (Å²) in [4.78, 5) is 51.6. The topological polar surface area (TPSA) is 134 Å². The highest BCUT2D eigenvalue weighted by atomic mass is 32.2. The predicted molar refractivity (Wildman–Crippen MR) is 123 cm³/mol. The summed E-state index contributed by atoms with van der Waals surface area (Å²) in [5, 5.41) is 14.4. The summed E-state index contributed by atoms with van der Waals surface area (Å²) < 4.78 is 10.6. The van der Waals surface area contributed by atoms with Gasteiger partial charge in [0.2, 0.25) is 5.91 Å². The van der Waals surface area contributed by atoms with Crippen molar-refractivity contribution in [1.82, 2.24) is 15.5 Å². The molecule has 0 aromatic heterocycles. The van der Waals surface area contributed by atoms with E-state index in [-0.39, 0.29) is 5.70 Å². The van der Waals surface area contributed by atoms with E-state index in [0.717, 1.165) is 11.1 Å². The van der Waals surface area contributed by atoms with Gasteiger partial charge in [0.05, 0.1) is 12.5 Å². The van der Waals surface area contributed by atoms with E-state index in [2.05, 4.69) is 10.6 Å². The van der Waals surface area contributed by atoms with Crippen molar-refractivity contribution in [1.29, 1.82) is 0 Å². The number of thioether (sulfide) groups is 1. The third-order valence-electron chi connectivity index (χ3n) is 5.81. The fourth-order valence-corrected chi connectivity index (χ4v) is 5.65. The van der Waals surface area contributed by atoms with Crippen molar-refractivity contribution >= 4 is 35.6 Å². The first-order valence-corrected chi connectivity index (χ1v) is 11.9. The molecule has 0 aromatic carbocycles. The number of hydrogen-bond acceptors (Lipinski definition) is 7. The molecule has 1 fully saturated rings. The van der Waals surface area contributed by atoms with E-state index in [9.17, 15) is 24.3 Å². The molecule has 0 bridgehead atoms. The van der Waals surface area contributed by atoms with Crippen molar-refractivity contribution in [2.24, 2.45) is 0 Å². The molecule has 3 aliphatic heterocycles. The van der Waals surface area contributed by atoms with E-state index in [0.29, 0.717) is 29.7 Å². The Bertz CT molecular complexity index is 1080. The SMILES string of the molecule is CC1=C(C(=O)O)N2C(=O)C(NC(=O)C(NC(=O)OC(C)(C)C)C3=C4C=COC=C4CC3)C2SC1. The molecule has 3 atom stereocenters. The summed E-state index contributed by atoms with van der Waals surface area (Å²) in [5.74, 6) is -1.78. The lowest BCUT2D eigenvalue weighted by Crippen LogP contribution is -2.71. The highest BCUT2D eigenvalue weighted by Gasteiger charge is 2.54. The van der Waals surface area contributed by atoms with Crippen LogP contribution < -0.4 is 10.6 Å². The molecule has 3 unspecified atom stereocenters. The summed E-state index contributed by atoms with van der Waals surface area (Å²) >= 11 is 1.39. The van der Waals surface area contributed by atoms with Gasteiger partial charge in [0.1, 0.15) is 28.8 Å². The predicted octanol–water partition coefficient (Wildman–Crippen LogP) is 2.16. The van der Waals surface area contributed by atoms with E-state index < -0.39 is 46.9 Å². The van der Waals surface area contributed by atoms with Crippen molar-refractivity contribution in [2.75, 3.05) is 5.75 Å². The standard InChI is InChI=1S/C23H27N3O7S/c1-11-10-34-20-16(19(28)26(20)17(11)21(29)30)24-18(27)15(25-22(31)33-23(2,3)4)14-6-5-12-9-32-8-7-13(12)14/h7-9,15-16,20H,5-6,10H2,1-4H3,(H,24,27)(H,25,31)(H,29,30). The van der Waals surface area contributed by atoms with Crippen molar-refractivity contribution in [3.63, 3.8) is 0 Å². The molecular formula is C23H27N3O7S. The Labute approximate surface area is 201 Å². The number of fused-ring (bicyclic) bond motifs is 2. The Kier molecular flexibility index (Phi) is 6.24. The second-order valence-electron chi connectivity index (χ2n) is 9.43. The van der Waals surface area contributed by atoms with Crippen LogP contribution in [0.15, 0.2) is 46.6 Å². The molecule has 3 N–H and O–H groups in total. The van der Waals surface area contributed by atoms with Crippen LogP contribution in [0.4, 0.5) is 4.79 Å². The number of carbonyl (C=O) groups is 4. The van der Waals surface area contributed by atoms with E-state index >= 15 is 0 Å². The average molecular weight is 490 g/mol. The van der Waals surface area contributed by atoms with Crippen LogP contribution in [0.1, 0.15) is 40.5 Å². The molecule has 10 nitrogen and oxygen atoms in total. The number of amides is 3. The van der Waals surface area contributed by atoms with Crippen LogP contribution in [0, 0.1) is 0 Å². The molecule has 0 aromatic rings. The number of β-lactam (4-membered cyclic amide) rings is 1. The minimum Gasteiger partial charge on any atom is -0.477 e. The van der Waals surface area contributed by atoms with Gasteiger partial charge in [-0.05, 0) is 68.9 Å². The van der Waals surface area contributed by atoms with E-state index in [1.165, 1.54) is 22.9 Å². The molecule has 1 aliphatic carbocycles. The third kappa shape index (κ3) is 4.44. The zero-order chi connectivity index (χ0) is 24.8. The quantitative estimate of drug-likeness (QED) is 0.500. The number of alkyl carbamates (subject to hydrolysis) is 1. The number of aliphatic carboxylic acids is 1. The zero-order valence-corrected chi connectivity index (χ0v) is 20.2. The number of nitrogens with zero attached hydrogens (tertiary/aromatic N) is 1. The number of allylic oxidation sites excluding steroid dienone is 3. The zero-order valence-electron chi connectivity index (χ0n) is 19.3. The number of carbonyl (C=O) groups excluding carboxylic acids is 3. The van der Waals surface area contributed by atoms with Gasteiger partial charge in [-0.2, -0.15) is 0 Å². The van der Waals surface area contributed by atoms with Crippen LogP contribution in [0.2, 0.25) is 0 Å². The molecule has 0 saturated carbocycles. The second kappa shape index (κ2) is 8.86. The van der Waals surface area contributed by atoms with Gasteiger partial charge in [-0.3, -0.25) is 14.5 Å². The van der Waals surface area contributed by atoms with E-state index in [4.69, 9.17) is 9.47 Å². The summed E-state index contributed by atoms with van der Waals surface area (Å²) in [6.07, 6.45) is 5.27. The molecule has 4 aliphatic rings. The lowest BCUT2D eigenvalue weighted by molar-refractivity contribution is -0.150. The molecular weight excluding hydrogens is 462 g/mol. The Morgan fingerprint density at radius 1 is 1.29 bits per heavy atom. The average Bonchev–Trinajstić information content (AvgIpc) is 3.18. The first-order chi connectivity index (χ1) is 16.0. The Balaban J connectivity index is 1.56. The van der Waals surface area contributed by atoms with Crippen LogP contribution in [-0.2, 0) is 23.9 Å². The highest BCUT2D eigenvalue weighted by Crippen LogP contribution is 2.41. The largest absolute Gasteiger partial charge is 0.477 e. The molecule has 0 radical (unpaired) electrons. The molecule has 182 valence electrons. The number of carboxylic acids is 1. The number of rotatable bonds is 5. The molecule has 3 heterocycles. The van der Waals surface area contributed by atoms with E-state index in [1.54, 1.807) is 40.0 Å². The monoisotopic (exact) mass is 489 g/mol. The van der Waals surface area contributed by atoms with Gasteiger partial charge in [-0.25, -0.2) is 9.59 Å². The van der Waals surface area contributed by atoms with Gasteiger partial charge in [-0.1, -0.05) is 0 Å². The van der Waals surface area contributed by atoms with Gasteiger partial charge in [0.25, 0.3) is 5.91 Å². The summed E-state index contributed by atoms with van der Waals surface area (Å²) in [5.41, 5.74) is 2.22. The van der Waals surface area contributed by atoms with Gasteiger partial charge in [0.15, 0.2) is 0 Å². The van der Waals surface area contributed by atoms with Crippen LogP contribution in [0.5, 0.6) is 0 Å². The minimum atomic E-state index is -1.17. The van der Waals surface area contributed by atoms with Crippen molar-refractivity contribution < 1.29 is 33.8 Å². The van der Waals surface area contributed by atoms with Crippen LogP contribution in [0.25, 0.3) is 0 Å². The van der Waals surface area contributed by atoms with Gasteiger partial charge in [-0.15, -0.1) is 11.8 Å². The lowest BCUT2D eigenvalue weighted by Gasteiger charge is -2.49. The molecule has 0 spiro atoms. The van der Waals surface area contributed by atoms with Crippen LogP contribution in [-0.4, -0.2) is 62.7 Å². The summed E-state index contributed by atoms with van der Waals surface area (Å²) in [6, 6.07) is -1.96. The molecule has 1 saturated heterocycles. The van der Waals surface area contributed by atoms with Crippen LogP contribution >= 0.6 is 11.8 Å². The summed E-state index contributed by atoms with van der Waals surface area (Å²) in [6.45, 7) is 6.84. The normalized spacial score (nSPS) is 24.4. The maximum Gasteiger partial charge on any atom is 0.408 e. The molecule has 4 rings (SSSR count). The molecule has 34 heavy (non-hydrogen) atoms.